The van der Waals surface area contributed by atoms with E-state index in [1.807, 2.05) is 0 Å². The minimum absolute atomic E-state index is 0.247. The van der Waals surface area contributed by atoms with Crippen molar-refractivity contribution in [3.8, 4) is 0 Å². The molecule has 10 heavy (non-hydrogen) atoms. The molecule has 0 fully saturated rings. The van der Waals surface area contributed by atoms with E-state index in [0.29, 0.717) is 6.42 Å². The van der Waals surface area contributed by atoms with Gasteiger partial charge in [0, 0.05) is 18.8 Å². The first-order valence-corrected chi connectivity index (χ1v) is 4.61. The fraction of sp³-hybridized carbons (Fsp3) is 0.857. The molecule has 0 radical (unpaired) electrons. The first-order valence-electron chi connectivity index (χ1n) is 3.45. The molecular weight excluding hydrogens is 148 g/mol. The van der Waals surface area contributed by atoms with Crippen LogP contribution in [0.25, 0.3) is 0 Å². The highest BCUT2D eigenvalue weighted by Crippen LogP contribution is 2.03. The van der Waals surface area contributed by atoms with Gasteiger partial charge in [0.1, 0.15) is 5.78 Å². The lowest BCUT2D eigenvalue weighted by Crippen LogP contribution is -1.93. The van der Waals surface area contributed by atoms with Gasteiger partial charge < -0.3 is 5.11 Å². The summed E-state index contributed by atoms with van der Waals surface area (Å²) in [7, 11) is 0. The number of Topliss-reactive ketones (excluding diaryl/α,β-unsaturated/α-hetero) is 1. The van der Waals surface area contributed by atoms with Gasteiger partial charge >= 0.3 is 0 Å². The van der Waals surface area contributed by atoms with Gasteiger partial charge in [0.05, 0.1) is 0 Å². The Bertz CT molecular complexity index is 93.6. The maximum atomic E-state index is 10.4. The third kappa shape index (κ3) is 7.98. The molecule has 0 aromatic carbocycles. The largest absolute Gasteiger partial charge is 0.396 e. The van der Waals surface area contributed by atoms with Crippen molar-refractivity contribution in [1.82, 2.24) is 0 Å². The number of ketones is 1. The van der Waals surface area contributed by atoms with E-state index < -0.39 is 0 Å². The first-order chi connectivity index (χ1) is 4.77. The molecule has 0 unspecified atom stereocenters. The molecular formula is C7H14O2S. The third-order valence-corrected chi connectivity index (χ3v) is 2.12. The number of carbonyl (C=O) groups excluding carboxylic acids is 1. The van der Waals surface area contributed by atoms with Crippen molar-refractivity contribution in [2.24, 2.45) is 0 Å². The Balaban J connectivity index is 2.84. The lowest BCUT2D eigenvalue weighted by atomic mass is 10.4. The summed E-state index contributed by atoms with van der Waals surface area (Å²) in [6.07, 6.45) is 1.50. The molecule has 0 aromatic rings. The van der Waals surface area contributed by atoms with Crippen molar-refractivity contribution in [2.75, 3.05) is 18.1 Å². The summed E-state index contributed by atoms with van der Waals surface area (Å²) in [6.45, 7) is 1.86. The van der Waals surface area contributed by atoms with Crippen LogP contribution in [-0.4, -0.2) is 29.0 Å². The van der Waals surface area contributed by atoms with Gasteiger partial charge in [-0.2, -0.15) is 11.8 Å². The molecule has 0 aromatic heterocycles. The van der Waals surface area contributed by atoms with Gasteiger partial charge in [-0.15, -0.1) is 0 Å². The van der Waals surface area contributed by atoms with E-state index >= 15 is 0 Å². The first kappa shape index (κ1) is 9.98. The Morgan fingerprint density at radius 1 is 1.50 bits per heavy atom. The zero-order chi connectivity index (χ0) is 7.82. The minimum Gasteiger partial charge on any atom is -0.396 e. The van der Waals surface area contributed by atoms with Crippen LogP contribution >= 0.6 is 11.8 Å². The van der Waals surface area contributed by atoms with E-state index in [4.69, 9.17) is 5.11 Å². The highest BCUT2D eigenvalue weighted by molar-refractivity contribution is 7.99. The number of thioether (sulfide) groups is 1. The average molecular weight is 162 g/mol. The molecule has 0 spiro atoms. The summed E-state index contributed by atoms with van der Waals surface area (Å²) in [4.78, 5) is 10.4. The molecule has 3 heteroatoms. The van der Waals surface area contributed by atoms with Crippen molar-refractivity contribution in [3.05, 3.63) is 0 Å². The van der Waals surface area contributed by atoms with Gasteiger partial charge in [0.2, 0.25) is 0 Å². The maximum absolute atomic E-state index is 10.4. The zero-order valence-corrected chi connectivity index (χ0v) is 7.12. The lowest BCUT2D eigenvalue weighted by Gasteiger charge is -1.95. The predicted octanol–water partition coefficient (Wildman–Crippen LogP) is 1.08. The van der Waals surface area contributed by atoms with E-state index in [2.05, 4.69) is 0 Å². The van der Waals surface area contributed by atoms with Crippen molar-refractivity contribution in [3.63, 3.8) is 0 Å². The highest BCUT2D eigenvalue weighted by Gasteiger charge is 1.92. The number of hydrogen-bond acceptors (Lipinski definition) is 3. The average Bonchev–Trinajstić information content (AvgIpc) is 1.87. The smallest absolute Gasteiger partial charge is 0.130 e. The van der Waals surface area contributed by atoms with Crippen LogP contribution in [0.15, 0.2) is 0 Å². The van der Waals surface area contributed by atoms with Crippen LogP contribution in [0.4, 0.5) is 0 Å². The van der Waals surface area contributed by atoms with Crippen LogP contribution < -0.4 is 0 Å². The summed E-state index contributed by atoms with van der Waals surface area (Å²) in [6, 6.07) is 0. The molecule has 1 N–H and O–H groups in total. The van der Waals surface area contributed by atoms with Crippen LogP contribution in [0, 0.1) is 0 Å². The molecule has 0 aliphatic rings. The van der Waals surface area contributed by atoms with Crippen molar-refractivity contribution in [1.29, 1.82) is 0 Å². The minimum atomic E-state index is 0.247. The molecule has 0 aliphatic carbocycles. The summed E-state index contributed by atoms with van der Waals surface area (Å²) in [5.74, 6) is 2.11. The summed E-state index contributed by atoms with van der Waals surface area (Å²) in [5.41, 5.74) is 0. The van der Waals surface area contributed by atoms with Crippen molar-refractivity contribution in [2.45, 2.75) is 19.8 Å². The predicted molar refractivity (Wildman–Crippen MR) is 44.3 cm³/mol. The van der Waals surface area contributed by atoms with E-state index in [0.717, 1.165) is 17.9 Å². The lowest BCUT2D eigenvalue weighted by molar-refractivity contribution is -0.116. The summed E-state index contributed by atoms with van der Waals surface area (Å²) in [5, 5.41) is 8.39. The molecule has 0 rings (SSSR count). The number of rotatable bonds is 6. The van der Waals surface area contributed by atoms with Crippen LogP contribution in [-0.2, 0) is 4.79 Å². The monoisotopic (exact) mass is 162 g/mol. The van der Waals surface area contributed by atoms with Gasteiger partial charge in [0.25, 0.3) is 0 Å². The van der Waals surface area contributed by atoms with E-state index in [9.17, 15) is 4.79 Å². The maximum Gasteiger partial charge on any atom is 0.130 e. The van der Waals surface area contributed by atoms with Gasteiger partial charge in [-0.3, -0.25) is 4.79 Å². The Hall–Kier alpha value is -0.0200. The van der Waals surface area contributed by atoms with Gasteiger partial charge in [-0.1, -0.05) is 0 Å². The molecule has 60 valence electrons. The Morgan fingerprint density at radius 3 is 2.70 bits per heavy atom. The molecule has 0 saturated heterocycles. The number of aliphatic hydroxyl groups excluding tert-OH is 1. The molecule has 0 heterocycles. The van der Waals surface area contributed by atoms with Crippen LogP contribution in [0.1, 0.15) is 19.8 Å². The Morgan fingerprint density at radius 2 is 2.20 bits per heavy atom. The van der Waals surface area contributed by atoms with Crippen LogP contribution in [0.2, 0.25) is 0 Å². The molecule has 0 bridgehead atoms. The summed E-state index contributed by atoms with van der Waals surface area (Å²) < 4.78 is 0. The standard InChI is InChI=1S/C7H14O2S/c1-7(9)3-6-10-5-2-4-8/h8H,2-6H2,1H3. The van der Waals surface area contributed by atoms with Crippen LogP contribution in [0.5, 0.6) is 0 Å². The number of carbonyl (C=O) groups is 1. The Labute approximate surface area is 66.0 Å². The zero-order valence-electron chi connectivity index (χ0n) is 6.30. The normalized spacial score (nSPS) is 9.80. The van der Waals surface area contributed by atoms with Crippen molar-refractivity contribution < 1.29 is 9.90 Å². The second-order valence-electron chi connectivity index (χ2n) is 2.14. The van der Waals surface area contributed by atoms with E-state index in [-0.39, 0.29) is 12.4 Å². The summed E-state index contributed by atoms with van der Waals surface area (Å²) >= 11 is 1.73. The SMILES string of the molecule is CC(=O)CCSCCCO. The fourth-order valence-electron chi connectivity index (χ4n) is 0.485. The van der Waals surface area contributed by atoms with Gasteiger partial charge in [-0.05, 0) is 19.1 Å². The number of hydrogen-bond donors (Lipinski definition) is 1. The fourth-order valence-corrected chi connectivity index (χ4v) is 1.45. The topological polar surface area (TPSA) is 37.3 Å². The second kappa shape index (κ2) is 7.09. The molecule has 0 saturated carbocycles. The molecule has 2 nitrogen and oxygen atoms in total. The second-order valence-corrected chi connectivity index (χ2v) is 3.37. The quantitative estimate of drug-likeness (QED) is 0.594. The van der Waals surface area contributed by atoms with Crippen molar-refractivity contribution >= 4 is 17.5 Å². The third-order valence-electron chi connectivity index (χ3n) is 1.05. The van der Waals surface area contributed by atoms with E-state index in [1.54, 1.807) is 18.7 Å². The van der Waals surface area contributed by atoms with Gasteiger partial charge in [-0.25, -0.2) is 0 Å². The number of aliphatic hydroxyl groups is 1. The van der Waals surface area contributed by atoms with Crippen LogP contribution in [0.3, 0.4) is 0 Å². The van der Waals surface area contributed by atoms with Gasteiger partial charge in [0.15, 0.2) is 0 Å². The molecule has 0 aliphatic heterocycles. The molecule has 0 amide bonds. The molecule has 0 atom stereocenters. The Kier molecular flexibility index (Phi) is 7.08. The van der Waals surface area contributed by atoms with E-state index in [1.165, 1.54) is 0 Å². The highest BCUT2D eigenvalue weighted by atomic mass is 32.2.